The van der Waals surface area contributed by atoms with Gasteiger partial charge < -0.3 is 10.6 Å². The van der Waals surface area contributed by atoms with Gasteiger partial charge in [0.15, 0.2) is 0 Å². The Hall–Kier alpha value is -2.68. The van der Waals surface area contributed by atoms with Gasteiger partial charge in [0.2, 0.25) is 15.9 Å². The van der Waals surface area contributed by atoms with Crippen LogP contribution >= 0.6 is 11.6 Å². The van der Waals surface area contributed by atoms with Gasteiger partial charge in [0.05, 0.1) is 15.5 Å². The fraction of sp³-hybridized carbons (Fsp3) is 0.304. The van der Waals surface area contributed by atoms with Crippen molar-refractivity contribution in [1.82, 2.24) is 10.0 Å². The summed E-state index contributed by atoms with van der Waals surface area (Å²) in [7, 11) is -2.17. The fourth-order valence-corrected chi connectivity index (χ4v) is 4.45. The smallest absolute Gasteiger partial charge is 0.253 e. The van der Waals surface area contributed by atoms with E-state index < -0.39 is 15.9 Å². The number of anilines is 1. The van der Waals surface area contributed by atoms with Gasteiger partial charge in [0.25, 0.3) is 5.91 Å². The number of hydrogen-bond donors (Lipinski definition) is 3. The van der Waals surface area contributed by atoms with E-state index in [2.05, 4.69) is 15.4 Å². The standard InChI is InChI=1S/C23H26ClN3O4S/c1-25-32(30,31)19-11-7-16(8-12-19)9-14-22(28)26-18-10-13-21(24)20(15-18)23(29)27-17-5-3-2-4-6-17/h7-15,17,25H,2-6H2,1H3,(H,26,28)(H,27,29). The van der Waals surface area contributed by atoms with Gasteiger partial charge in [0, 0.05) is 17.8 Å². The van der Waals surface area contributed by atoms with Crippen molar-refractivity contribution >= 4 is 45.2 Å². The number of hydrogen-bond acceptors (Lipinski definition) is 4. The Morgan fingerprint density at radius 1 is 1.03 bits per heavy atom. The maximum absolute atomic E-state index is 12.6. The highest BCUT2D eigenvalue weighted by molar-refractivity contribution is 7.89. The Morgan fingerprint density at radius 2 is 1.72 bits per heavy atom. The Morgan fingerprint density at radius 3 is 2.38 bits per heavy atom. The van der Waals surface area contributed by atoms with Crippen LogP contribution in [0.3, 0.4) is 0 Å². The molecule has 7 nitrogen and oxygen atoms in total. The first-order valence-corrected chi connectivity index (χ1v) is 12.3. The largest absolute Gasteiger partial charge is 0.349 e. The highest BCUT2D eigenvalue weighted by Crippen LogP contribution is 2.23. The molecule has 32 heavy (non-hydrogen) atoms. The van der Waals surface area contributed by atoms with Crippen molar-refractivity contribution in [3.63, 3.8) is 0 Å². The molecule has 0 spiro atoms. The number of nitrogens with one attached hydrogen (secondary N) is 3. The molecule has 1 aliphatic carbocycles. The van der Waals surface area contributed by atoms with Crippen LogP contribution in [-0.2, 0) is 14.8 Å². The van der Waals surface area contributed by atoms with Crippen molar-refractivity contribution in [2.45, 2.75) is 43.0 Å². The van der Waals surface area contributed by atoms with Crippen LogP contribution in [0.1, 0.15) is 48.0 Å². The van der Waals surface area contributed by atoms with Crippen LogP contribution in [0.2, 0.25) is 5.02 Å². The average molecular weight is 476 g/mol. The first kappa shape index (κ1) is 24.0. The topological polar surface area (TPSA) is 104 Å². The van der Waals surface area contributed by atoms with E-state index >= 15 is 0 Å². The van der Waals surface area contributed by atoms with Crippen molar-refractivity contribution < 1.29 is 18.0 Å². The van der Waals surface area contributed by atoms with Crippen molar-refractivity contribution in [2.24, 2.45) is 0 Å². The van der Waals surface area contributed by atoms with E-state index in [4.69, 9.17) is 11.6 Å². The summed E-state index contributed by atoms with van der Waals surface area (Å²) >= 11 is 6.21. The molecule has 1 fully saturated rings. The van der Waals surface area contributed by atoms with Crippen LogP contribution in [0.15, 0.2) is 53.4 Å². The minimum Gasteiger partial charge on any atom is -0.349 e. The minimum absolute atomic E-state index is 0.141. The van der Waals surface area contributed by atoms with Gasteiger partial charge in [-0.1, -0.05) is 43.0 Å². The summed E-state index contributed by atoms with van der Waals surface area (Å²) in [5.41, 5.74) is 1.44. The van der Waals surface area contributed by atoms with E-state index in [0.29, 0.717) is 21.8 Å². The maximum Gasteiger partial charge on any atom is 0.253 e. The summed E-state index contributed by atoms with van der Waals surface area (Å²) < 4.78 is 25.8. The summed E-state index contributed by atoms with van der Waals surface area (Å²) in [6.07, 6.45) is 8.24. The van der Waals surface area contributed by atoms with E-state index in [9.17, 15) is 18.0 Å². The lowest BCUT2D eigenvalue weighted by Gasteiger charge is -2.23. The van der Waals surface area contributed by atoms with Gasteiger partial charge in [-0.05, 0) is 61.9 Å². The number of rotatable bonds is 7. The lowest BCUT2D eigenvalue weighted by Crippen LogP contribution is -2.36. The van der Waals surface area contributed by atoms with Gasteiger partial charge in [0.1, 0.15) is 0 Å². The Labute approximate surface area is 193 Å². The molecule has 170 valence electrons. The van der Waals surface area contributed by atoms with Crippen molar-refractivity contribution in [2.75, 3.05) is 12.4 Å². The van der Waals surface area contributed by atoms with Gasteiger partial charge in [-0.15, -0.1) is 0 Å². The van der Waals surface area contributed by atoms with E-state index in [1.807, 2.05) is 0 Å². The Bertz CT molecular complexity index is 1110. The molecule has 0 atom stereocenters. The molecule has 3 N–H and O–H groups in total. The molecule has 1 saturated carbocycles. The van der Waals surface area contributed by atoms with Gasteiger partial charge in [-0.3, -0.25) is 9.59 Å². The third-order valence-corrected chi connectivity index (χ3v) is 7.07. The summed E-state index contributed by atoms with van der Waals surface area (Å²) in [4.78, 5) is 25.1. The Balaban J connectivity index is 1.63. The van der Waals surface area contributed by atoms with E-state index in [0.717, 1.165) is 25.7 Å². The molecular formula is C23H26ClN3O4S. The molecule has 0 aliphatic heterocycles. The number of benzene rings is 2. The predicted molar refractivity (Wildman–Crippen MR) is 126 cm³/mol. The van der Waals surface area contributed by atoms with Crippen molar-refractivity contribution in [3.8, 4) is 0 Å². The highest BCUT2D eigenvalue weighted by atomic mass is 35.5. The first-order valence-electron chi connectivity index (χ1n) is 10.4. The zero-order valence-corrected chi connectivity index (χ0v) is 19.3. The number of amides is 2. The average Bonchev–Trinajstić information content (AvgIpc) is 2.80. The SMILES string of the molecule is CNS(=O)(=O)c1ccc(C=CC(=O)Nc2ccc(Cl)c(C(=O)NC3CCCCC3)c2)cc1. The molecule has 2 amide bonds. The second-order valence-corrected chi connectivity index (χ2v) is 9.90. The molecule has 9 heteroatoms. The van der Waals surface area contributed by atoms with Crippen molar-refractivity contribution in [3.05, 3.63) is 64.7 Å². The number of carbonyl (C=O) groups is 2. The van der Waals surface area contributed by atoms with Crippen LogP contribution in [0.5, 0.6) is 0 Å². The maximum atomic E-state index is 12.6. The molecule has 0 unspecified atom stereocenters. The molecule has 0 saturated heterocycles. The van der Waals surface area contributed by atoms with Gasteiger partial charge in [-0.2, -0.15) is 0 Å². The zero-order chi connectivity index (χ0) is 23.1. The number of sulfonamides is 1. The summed E-state index contributed by atoms with van der Waals surface area (Å²) in [5, 5.41) is 6.06. The quantitative estimate of drug-likeness (QED) is 0.527. The molecule has 3 rings (SSSR count). The van der Waals surface area contributed by atoms with E-state index in [-0.39, 0.29) is 16.8 Å². The normalized spacial score (nSPS) is 14.9. The minimum atomic E-state index is -3.51. The molecular weight excluding hydrogens is 450 g/mol. The van der Waals surface area contributed by atoms with Crippen LogP contribution in [-0.4, -0.2) is 33.3 Å². The van der Waals surface area contributed by atoms with Crippen LogP contribution < -0.4 is 15.4 Å². The van der Waals surface area contributed by atoms with Crippen LogP contribution in [0.25, 0.3) is 6.08 Å². The third-order valence-electron chi connectivity index (χ3n) is 5.31. The lowest BCUT2D eigenvalue weighted by atomic mass is 9.95. The second-order valence-electron chi connectivity index (χ2n) is 7.60. The van der Waals surface area contributed by atoms with Gasteiger partial charge >= 0.3 is 0 Å². The molecule has 0 aromatic heterocycles. The van der Waals surface area contributed by atoms with E-state index in [1.165, 1.54) is 31.7 Å². The fourth-order valence-electron chi connectivity index (χ4n) is 3.52. The Kier molecular flexibility index (Phi) is 8.06. The van der Waals surface area contributed by atoms with Crippen LogP contribution in [0, 0.1) is 0 Å². The second kappa shape index (κ2) is 10.8. The first-order chi connectivity index (χ1) is 15.3. The zero-order valence-electron chi connectivity index (χ0n) is 17.7. The molecule has 0 heterocycles. The third kappa shape index (κ3) is 6.41. The molecule has 2 aromatic carbocycles. The number of halogens is 1. The van der Waals surface area contributed by atoms with Gasteiger partial charge in [-0.25, -0.2) is 13.1 Å². The van der Waals surface area contributed by atoms with Crippen molar-refractivity contribution in [1.29, 1.82) is 0 Å². The highest BCUT2D eigenvalue weighted by Gasteiger charge is 2.19. The predicted octanol–water partition coefficient (Wildman–Crippen LogP) is 3.96. The molecule has 0 bridgehead atoms. The molecule has 1 aliphatic rings. The summed E-state index contributed by atoms with van der Waals surface area (Å²) in [5.74, 6) is -0.636. The summed E-state index contributed by atoms with van der Waals surface area (Å²) in [6.45, 7) is 0. The van der Waals surface area contributed by atoms with Crippen LogP contribution in [0.4, 0.5) is 5.69 Å². The number of carbonyl (C=O) groups excluding carboxylic acids is 2. The summed E-state index contributed by atoms with van der Waals surface area (Å²) in [6, 6.07) is 11.0. The lowest BCUT2D eigenvalue weighted by molar-refractivity contribution is -0.111. The molecule has 0 radical (unpaired) electrons. The molecule has 2 aromatic rings. The van der Waals surface area contributed by atoms with E-state index in [1.54, 1.807) is 36.4 Å². The monoisotopic (exact) mass is 475 g/mol.